The van der Waals surface area contributed by atoms with Gasteiger partial charge in [0.15, 0.2) is 0 Å². The Bertz CT molecular complexity index is 448. The zero-order valence-electron chi connectivity index (χ0n) is 12.8. The zero-order chi connectivity index (χ0) is 15.2. The SMILES string of the molecule is CC1CC(C)CC(OC(=O)c2ccc(NCCO)cc2)C1. The minimum atomic E-state index is -0.241. The van der Waals surface area contributed by atoms with Crippen LogP contribution in [0.3, 0.4) is 0 Å². The van der Waals surface area contributed by atoms with Crippen molar-refractivity contribution in [1.82, 2.24) is 0 Å². The van der Waals surface area contributed by atoms with Crippen molar-refractivity contribution in [1.29, 1.82) is 0 Å². The molecule has 1 aliphatic carbocycles. The summed E-state index contributed by atoms with van der Waals surface area (Å²) in [6.07, 6.45) is 3.20. The van der Waals surface area contributed by atoms with Crippen LogP contribution in [0.25, 0.3) is 0 Å². The van der Waals surface area contributed by atoms with Gasteiger partial charge in [0.2, 0.25) is 0 Å². The van der Waals surface area contributed by atoms with Crippen LogP contribution in [0.4, 0.5) is 5.69 Å². The molecule has 1 aliphatic rings. The van der Waals surface area contributed by atoms with Gasteiger partial charge in [-0.1, -0.05) is 13.8 Å². The van der Waals surface area contributed by atoms with Crippen LogP contribution in [0.2, 0.25) is 0 Å². The Balaban J connectivity index is 1.90. The second kappa shape index (κ2) is 7.46. The first-order valence-corrected chi connectivity index (χ1v) is 7.74. The van der Waals surface area contributed by atoms with Crippen LogP contribution >= 0.6 is 0 Å². The summed E-state index contributed by atoms with van der Waals surface area (Å²) in [6, 6.07) is 7.19. The number of anilines is 1. The Labute approximate surface area is 126 Å². The lowest BCUT2D eigenvalue weighted by molar-refractivity contribution is 0.00806. The molecular weight excluding hydrogens is 266 g/mol. The minimum absolute atomic E-state index is 0.0449. The molecule has 1 fully saturated rings. The van der Waals surface area contributed by atoms with Crippen molar-refractivity contribution in [2.24, 2.45) is 11.8 Å². The van der Waals surface area contributed by atoms with Gasteiger partial charge in [0.25, 0.3) is 0 Å². The summed E-state index contributed by atoms with van der Waals surface area (Å²) in [7, 11) is 0. The lowest BCUT2D eigenvalue weighted by Gasteiger charge is -2.31. The minimum Gasteiger partial charge on any atom is -0.459 e. The normalized spacial score (nSPS) is 25.4. The number of nitrogens with one attached hydrogen (secondary N) is 1. The number of ether oxygens (including phenoxy) is 1. The molecule has 0 saturated heterocycles. The summed E-state index contributed by atoms with van der Waals surface area (Å²) in [5.41, 5.74) is 1.47. The fourth-order valence-electron chi connectivity index (χ4n) is 3.11. The number of esters is 1. The molecule has 1 saturated carbocycles. The summed E-state index contributed by atoms with van der Waals surface area (Å²) in [5.74, 6) is 1.00. The largest absolute Gasteiger partial charge is 0.459 e. The molecule has 1 aromatic rings. The van der Waals surface area contributed by atoms with Crippen LogP contribution in [0.5, 0.6) is 0 Å². The number of benzene rings is 1. The monoisotopic (exact) mass is 291 g/mol. The summed E-state index contributed by atoms with van der Waals surface area (Å²) in [6.45, 7) is 5.03. The Kier molecular flexibility index (Phi) is 5.62. The molecule has 0 aliphatic heterocycles. The molecule has 2 rings (SSSR count). The third-order valence-electron chi connectivity index (χ3n) is 3.97. The highest BCUT2D eigenvalue weighted by Gasteiger charge is 2.26. The van der Waals surface area contributed by atoms with E-state index in [1.54, 1.807) is 12.1 Å². The zero-order valence-corrected chi connectivity index (χ0v) is 12.8. The molecule has 2 unspecified atom stereocenters. The first-order valence-electron chi connectivity index (χ1n) is 7.74. The lowest BCUT2D eigenvalue weighted by atomic mass is 9.82. The molecule has 0 heterocycles. The maximum Gasteiger partial charge on any atom is 0.338 e. The number of hydrogen-bond acceptors (Lipinski definition) is 4. The molecule has 4 nitrogen and oxygen atoms in total. The average Bonchev–Trinajstić information content (AvgIpc) is 2.44. The van der Waals surface area contributed by atoms with Crippen molar-refractivity contribution in [3.05, 3.63) is 29.8 Å². The van der Waals surface area contributed by atoms with Crippen LogP contribution in [0.15, 0.2) is 24.3 Å². The molecule has 116 valence electrons. The summed E-state index contributed by atoms with van der Waals surface area (Å²) in [4.78, 5) is 12.2. The van der Waals surface area contributed by atoms with E-state index in [1.165, 1.54) is 6.42 Å². The molecule has 2 atom stereocenters. The second-order valence-electron chi connectivity index (χ2n) is 6.17. The Morgan fingerprint density at radius 3 is 2.38 bits per heavy atom. The Hall–Kier alpha value is -1.55. The van der Waals surface area contributed by atoms with Crippen molar-refractivity contribution in [2.75, 3.05) is 18.5 Å². The van der Waals surface area contributed by atoms with E-state index in [-0.39, 0.29) is 18.7 Å². The number of carbonyl (C=O) groups excluding carboxylic acids is 1. The average molecular weight is 291 g/mol. The van der Waals surface area contributed by atoms with Gasteiger partial charge in [-0.3, -0.25) is 0 Å². The maximum absolute atomic E-state index is 12.2. The predicted octanol–water partition coefficient (Wildman–Crippen LogP) is 3.07. The third-order valence-corrected chi connectivity index (χ3v) is 3.97. The molecule has 0 aromatic heterocycles. The predicted molar refractivity (Wildman–Crippen MR) is 83.4 cm³/mol. The lowest BCUT2D eigenvalue weighted by Crippen LogP contribution is -2.28. The maximum atomic E-state index is 12.2. The van der Waals surface area contributed by atoms with E-state index in [4.69, 9.17) is 9.84 Å². The number of aliphatic hydroxyl groups excluding tert-OH is 1. The van der Waals surface area contributed by atoms with Gasteiger partial charge in [-0.15, -0.1) is 0 Å². The molecule has 21 heavy (non-hydrogen) atoms. The van der Waals surface area contributed by atoms with Crippen molar-refractivity contribution in [3.63, 3.8) is 0 Å². The van der Waals surface area contributed by atoms with Crippen molar-refractivity contribution < 1.29 is 14.6 Å². The van der Waals surface area contributed by atoms with E-state index in [0.717, 1.165) is 18.5 Å². The molecule has 0 amide bonds. The molecule has 2 N–H and O–H groups in total. The first kappa shape index (κ1) is 15.8. The summed E-state index contributed by atoms with van der Waals surface area (Å²) in [5, 5.41) is 11.8. The van der Waals surface area contributed by atoms with Crippen molar-refractivity contribution in [2.45, 2.75) is 39.2 Å². The van der Waals surface area contributed by atoms with E-state index in [9.17, 15) is 4.79 Å². The number of rotatable bonds is 5. The van der Waals surface area contributed by atoms with Crippen LogP contribution in [-0.4, -0.2) is 30.3 Å². The van der Waals surface area contributed by atoms with Gasteiger partial charge in [0.1, 0.15) is 6.10 Å². The third kappa shape index (κ3) is 4.74. The molecule has 1 aromatic carbocycles. The molecular formula is C17H25NO3. The van der Waals surface area contributed by atoms with Gasteiger partial charge in [0, 0.05) is 12.2 Å². The van der Waals surface area contributed by atoms with Gasteiger partial charge in [-0.2, -0.15) is 0 Å². The molecule has 4 heteroatoms. The van der Waals surface area contributed by atoms with Crippen LogP contribution in [0, 0.1) is 11.8 Å². The Morgan fingerprint density at radius 2 is 1.81 bits per heavy atom. The van der Waals surface area contributed by atoms with E-state index in [2.05, 4.69) is 19.2 Å². The molecule has 0 spiro atoms. The quantitative estimate of drug-likeness (QED) is 0.819. The van der Waals surface area contributed by atoms with E-state index in [1.807, 2.05) is 12.1 Å². The highest BCUT2D eigenvalue weighted by Crippen LogP contribution is 2.30. The molecule has 0 radical (unpaired) electrons. The standard InChI is InChI=1S/C17H25NO3/c1-12-9-13(2)11-16(10-12)21-17(20)14-3-5-15(6-4-14)18-7-8-19/h3-6,12-13,16,18-19H,7-11H2,1-2H3. The van der Waals surface area contributed by atoms with E-state index in [0.29, 0.717) is 23.9 Å². The topological polar surface area (TPSA) is 58.6 Å². The van der Waals surface area contributed by atoms with E-state index < -0.39 is 0 Å². The fraction of sp³-hybridized carbons (Fsp3) is 0.588. The summed E-state index contributed by atoms with van der Waals surface area (Å²) >= 11 is 0. The number of carbonyl (C=O) groups is 1. The van der Waals surface area contributed by atoms with Crippen molar-refractivity contribution in [3.8, 4) is 0 Å². The van der Waals surface area contributed by atoms with Crippen LogP contribution < -0.4 is 5.32 Å². The first-order chi connectivity index (χ1) is 10.1. The van der Waals surface area contributed by atoms with Gasteiger partial charge < -0.3 is 15.2 Å². The number of hydrogen-bond donors (Lipinski definition) is 2. The van der Waals surface area contributed by atoms with Crippen LogP contribution in [0.1, 0.15) is 43.5 Å². The molecule has 0 bridgehead atoms. The van der Waals surface area contributed by atoms with Gasteiger partial charge >= 0.3 is 5.97 Å². The second-order valence-corrected chi connectivity index (χ2v) is 6.17. The van der Waals surface area contributed by atoms with Gasteiger partial charge in [0.05, 0.1) is 12.2 Å². The Morgan fingerprint density at radius 1 is 1.19 bits per heavy atom. The number of aliphatic hydroxyl groups is 1. The fourth-order valence-corrected chi connectivity index (χ4v) is 3.11. The highest BCUT2D eigenvalue weighted by atomic mass is 16.5. The highest BCUT2D eigenvalue weighted by molar-refractivity contribution is 5.89. The van der Waals surface area contributed by atoms with E-state index >= 15 is 0 Å². The summed E-state index contributed by atoms with van der Waals surface area (Å²) < 4.78 is 5.64. The van der Waals surface area contributed by atoms with Crippen molar-refractivity contribution >= 4 is 11.7 Å². The van der Waals surface area contributed by atoms with Gasteiger partial charge in [-0.05, 0) is 55.4 Å². The van der Waals surface area contributed by atoms with Gasteiger partial charge in [-0.25, -0.2) is 4.79 Å². The van der Waals surface area contributed by atoms with Crippen LogP contribution in [-0.2, 0) is 4.74 Å². The smallest absolute Gasteiger partial charge is 0.338 e.